The molecule has 0 saturated carbocycles. The third-order valence-electron chi connectivity index (χ3n) is 4.17. The maximum absolute atomic E-state index is 11.0. The van der Waals surface area contributed by atoms with Crippen molar-refractivity contribution in [3.63, 3.8) is 0 Å². The summed E-state index contributed by atoms with van der Waals surface area (Å²) in [5, 5.41) is 9.62. The number of hydrogen-bond donors (Lipinski definition) is 1. The van der Waals surface area contributed by atoms with Crippen LogP contribution in [0.3, 0.4) is 0 Å². The lowest BCUT2D eigenvalue weighted by Gasteiger charge is -2.31. The Morgan fingerprint density at radius 2 is 1.96 bits per heavy atom. The number of aromatic nitrogens is 2. The van der Waals surface area contributed by atoms with Crippen molar-refractivity contribution in [2.45, 2.75) is 25.3 Å². The minimum Gasteiger partial charge on any atom is -0.478 e. The lowest BCUT2D eigenvalue weighted by Crippen LogP contribution is -2.33. The first-order chi connectivity index (χ1) is 11.1. The molecule has 1 aromatic heterocycles. The smallest absolute Gasteiger partial charge is 0.335 e. The van der Waals surface area contributed by atoms with Crippen LogP contribution in [-0.2, 0) is 6.54 Å². The summed E-state index contributed by atoms with van der Waals surface area (Å²) >= 11 is 5.82. The van der Waals surface area contributed by atoms with Gasteiger partial charge in [0.15, 0.2) is 0 Å². The van der Waals surface area contributed by atoms with Gasteiger partial charge in [-0.1, -0.05) is 23.7 Å². The standard InChI is InChI=1S/C17H18ClN3O2/c18-15-9-19-16(20-10-15)13-4-6-21(7-5-13)11-12-2-1-3-14(8-12)17(22)23/h1-3,8-10,13H,4-7,11H2,(H,22,23). The van der Waals surface area contributed by atoms with Gasteiger partial charge in [-0.3, -0.25) is 4.90 Å². The van der Waals surface area contributed by atoms with Gasteiger partial charge in [0.2, 0.25) is 0 Å². The van der Waals surface area contributed by atoms with E-state index >= 15 is 0 Å². The molecule has 2 heterocycles. The SMILES string of the molecule is O=C(O)c1cccc(CN2CCC(c3ncc(Cl)cn3)CC2)c1. The molecule has 5 nitrogen and oxygen atoms in total. The van der Waals surface area contributed by atoms with Gasteiger partial charge in [0, 0.05) is 24.9 Å². The molecule has 3 rings (SSSR count). The second-order valence-corrected chi connectivity index (χ2v) is 6.25. The predicted molar refractivity (Wildman–Crippen MR) is 87.7 cm³/mol. The van der Waals surface area contributed by atoms with Crippen LogP contribution < -0.4 is 0 Å². The predicted octanol–water partition coefficient (Wildman–Crippen LogP) is 3.21. The van der Waals surface area contributed by atoms with Gasteiger partial charge < -0.3 is 5.11 Å². The Labute approximate surface area is 139 Å². The molecule has 0 aliphatic carbocycles. The Balaban J connectivity index is 1.58. The van der Waals surface area contributed by atoms with E-state index in [0.717, 1.165) is 43.9 Å². The van der Waals surface area contributed by atoms with Crippen LogP contribution in [0.25, 0.3) is 0 Å². The van der Waals surface area contributed by atoms with Crippen LogP contribution in [0.2, 0.25) is 5.02 Å². The van der Waals surface area contributed by atoms with Crippen molar-refractivity contribution in [2.75, 3.05) is 13.1 Å². The number of carboxylic acid groups (broad SMARTS) is 1. The number of piperidine rings is 1. The molecular weight excluding hydrogens is 314 g/mol. The zero-order chi connectivity index (χ0) is 16.2. The van der Waals surface area contributed by atoms with Gasteiger partial charge in [0.1, 0.15) is 5.82 Å². The second-order valence-electron chi connectivity index (χ2n) is 5.82. The molecule has 1 saturated heterocycles. The van der Waals surface area contributed by atoms with E-state index in [0.29, 0.717) is 16.5 Å². The fourth-order valence-corrected chi connectivity index (χ4v) is 3.04. The Hall–Kier alpha value is -1.98. The molecule has 120 valence electrons. The minimum atomic E-state index is -0.884. The van der Waals surface area contributed by atoms with Crippen molar-refractivity contribution in [3.8, 4) is 0 Å². The average Bonchev–Trinajstić information content (AvgIpc) is 2.57. The van der Waals surface area contributed by atoms with Crippen LogP contribution in [0.15, 0.2) is 36.7 Å². The number of likely N-dealkylation sites (tertiary alicyclic amines) is 1. The Morgan fingerprint density at radius 1 is 1.26 bits per heavy atom. The molecule has 1 fully saturated rings. The summed E-state index contributed by atoms with van der Waals surface area (Å²) in [7, 11) is 0. The molecule has 1 aliphatic heterocycles. The molecule has 1 aliphatic rings. The van der Waals surface area contributed by atoms with Crippen molar-refractivity contribution in [1.29, 1.82) is 0 Å². The highest BCUT2D eigenvalue weighted by molar-refractivity contribution is 6.30. The first-order valence-electron chi connectivity index (χ1n) is 7.64. The van der Waals surface area contributed by atoms with Crippen LogP contribution in [0.5, 0.6) is 0 Å². The van der Waals surface area contributed by atoms with Crippen molar-refractivity contribution >= 4 is 17.6 Å². The molecule has 23 heavy (non-hydrogen) atoms. The van der Waals surface area contributed by atoms with Gasteiger partial charge in [0.05, 0.1) is 10.6 Å². The molecule has 1 N–H and O–H groups in total. The van der Waals surface area contributed by atoms with Crippen LogP contribution >= 0.6 is 11.6 Å². The second kappa shape index (κ2) is 7.06. The Kier molecular flexibility index (Phi) is 4.88. The molecule has 2 aromatic rings. The van der Waals surface area contributed by atoms with Crippen molar-refractivity contribution in [1.82, 2.24) is 14.9 Å². The van der Waals surface area contributed by atoms with Gasteiger partial charge in [-0.05, 0) is 43.6 Å². The summed E-state index contributed by atoms with van der Waals surface area (Å²) in [4.78, 5) is 22.0. The summed E-state index contributed by atoms with van der Waals surface area (Å²) in [5.74, 6) is 0.348. The van der Waals surface area contributed by atoms with E-state index in [4.69, 9.17) is 16.7 Å². The number of carboxylic acids is 1. The summed E-state index contributed by atoms with van der Waals surface area (Å²) < 4.78 is 0. The van der Waals surface area contributed by atoms with Gasteiger partial charge in [0.25, 0.3) is 0 Å². The summed E-state index contributed by atoms with van der Waals surface area (Å²) in [6, 6.07) is 7.14. The fourth-order valence-electron chi connectivity index (χ4n) is 2.94. The number of aromatic carboxylic acids is 1. The van der Waals surface area contributed by atoms with Crippen molar-refractivity contribution in [3.05, 3.63) is 58.6 Å². The van der Waals surface area contributed by atoms with Gasteiger partial charge in [-0.25, -0.2) is 14.8 Å². The average molecular weight is 332 g/mol. The number of benzene rings is 1. The van der Waals surface area contributed by atoms with E-state index in [1.165, 1.54) is 0 Å². The van der Waals surface area contributed by atoms with E-state index in [1.807, 2.05) is 6.07 Å². The van der Waals surface area contributed by atoms with Crippen molar-refractivity contribution < 1.29 is 9.90 Å². The molecule has 0 amide bonds. The number of hydrogen-bond acceptors (Lipinski definition) is 4. The normalized spacial score (nSPS) is 16.4. The topological polar surface area (TPSA) is 66.3 Å². The zero-order valence-corrected chi connectivity index (χ0v) is 13.4. The van der Waals surface area contributed by atoms with Crippen LogP contribution in [0, 0.1) is 0 Å². The zero-order valence-electron chi connectivity index (χ0n) is 12.7. The molecule has 1 aromatic carbocycles. The molecular formula is C17H18ClN3O2. The first-order valence-corrected chi connectivity index (χ1v) is 8.01. The first kappa shape index (κ1) is 15.9. The molecule has 0 spiro atoms. The maximum atomic E-state index is 11.0. The molecule has 0 unspecified atom stereocenters. The molecule has 0 radical (unpaired) electrons. The van der Waals surface area contributed by atoms with Crippen LogP contribution in [0.1, 0.15) is 40.5 Å². The lowest BCUT2D eigenvalue weighted by atomic mass is 9.95. The third-order valence-corrected chi connectivity index (χ3v) is 4.37. The van der Waals surface area contributed by atoms with Crippen LogP contribution in [-0.4, -0.2) is 39.0 Å². The monoisotopic (exact) mass is 331 g/mol. The van der Waals surface area contributed by atoms with E-state index in [2.05, 4.69) is 14.9 Å². The van der Waals surface area contributed by atoms with E-state index in [-0.39, 0.29) is 0 Å². The number of rotatable bonds is 4. The minimum absolute atomic E-state index is 0.340. The highest BCUT2D eigenvalue weighted by atomic mass is 35.5. The maximum Gasteiger partial charge on any atom is 0.335 e. The molecule has 0 atom stereocenters. The highest BCUT2D eigenvalue weighted by Crippen LogP contribution is 2.26. The highest BCUT2D eigenvalue weighted by Gasteiger charge is 2.22. The molecule has 6 heteroatoms. The number of nitrogens with zero attached hydrogens (tertiary/aromatic N) is 3. The Bertz CT molecular complexity index is 682. The number of halogens is 1. The third kappa shape index (κ3) is 4.06. The quantitative estimate of drug-likeness (QED) is 0.931. The fraction of sp³-hybridized carbons (Fsp3) is 0.353. The van der Waals surface area contributed by atoms with E-state index in [9.17, 15) is 4.79 Å². The summed E-state index contributed by atoms with van der Waals surface area (Å²) in [6.45, 7) is 2.68. The summed E-state index contributed by atoms with van der Waals surface area (Å²) in [5.41, 5.74) is 1.37. The lowest BCUT2D eigenvalue weighted by molar-refractivity contribution is 0.0696. The van der Waals surface area contributed by atoms with Crippen molar-refractivity contribution in [2.24, 2.45) is 0 Å². The van der Waals surface area contributed by atoms with E-state index < -0.39 is 5.97 Å². The number of carbonyl (C=O) groups is 1. The van der Waals surface area contributed by atoms with Gasteiger partial charge in [-0.15, -0.1) is 0 Å². The van der Waals surface area contributed by atoms with Crippen LogP contribution in [0.4, 0.5) is 0 Å². The van der Waals surface area contributed by atoms with E-state index in [1.54, 1.807) is 30.6 Å². The summed E-state index contributed by atoms with van der Waals surface area (Å²) in [6.07, 6.45) is 5.29. The van der Waals surface area contributed by atoms with Gasteiger partial charge in [-0.2, -0.15) is 0 Å². The molecule has 0 bridgehead atoms. The Morgan fingerprint density at radius 3 is 2.61 bits per heavy atom. The largest absolute Gasteiger partial charge is 0.478 e. The van der Waals surface area contributed by atoms with Gasteiger partial charge >= 0.3 is 5.97 Å².